The molecular formula is C12H16F3N3O. The summed E-state index contributed by atoms with van der Waals surface area (Å²) in [6, 6.07) is 3.72. The first-order valence-electron chi connectivity index (χ1n) is 6.04. The predicted molar refractivity (Wildman–Crippen MR) is 64.8 cm³/mol. The lowest BCUT2D eigenvalue weighted by Crippen LogP contribution is -2.49. The quantitative estimate of drug-likeness (QED) is 0.891. The Kier molecular flexibility index (Phi) is 3.96. The smallest absolute Gasteiger partial charge is 0.373 e. The number of pyridine rings is 1. The maximum atomic E-state index is 12.6. The molecule has 2 unspecified atom stereocenters. The maximum Gasteiger partial charge on any atom is 0.433 e. The molecular weight excluding hydrogens is 259 g/mol. The minimum atomic E-state index is -4.43. The summed E-state index contributed by atoms with van der Waals surface area (Å²) >= 11 is 0. The Morgan fingerprint density at radius 2 is 2.21 bits per heavy atom. The van der Waals surface area contributed by atoms with Gasteiger partial charge in [-0.3, -0.25) is 0 Å². The molecule has 7 heteroatoms. The van der Waals surface area contributed by atoms with E-state index >= 15 is 0 Å². The van der Waals surface area contributed by atoms with Crippen molar-refractivity contribution in [2.45, 2.75) is 25.2 Å². The van der Waals surface area contributed by atoms with Gasteiger partial charge in [-0.15, -0.1) is 0 Å². The summed E-state index contributed by atoms with van der Waals surface area (Å²) < 4.78 is 43.3. The van der Waals surface area contributed by atoms with Gasteiger partial charge in [0.15, 0.2) is 0 Å². The van der Waals surface area contributed by atoms with E-state index in [1.54, 1.807) is 11.0 Å². The van der Waals surface area contributed by atoms with E-state index in [2.05, 4.69) is 4.98 Å². The fourth-order valence-corrected chi connectivity index (χ4v) is 1.96. The average Bonchev–Trinajstić information content (AvgIpc) is 2.38. The van der Waals surface area contributed by atoms with Gasteiger partial charge in [0.1, 0.15) is 11.5 Å². The lowest BCUT2D eigenvalue weighted by Gasteiger charge is -2.35. The van der Waals surface area contributed by atoms with E-state index in [0.29, 0.717) is 25.5 Å². The van der Waals surface area contributed by atoms with E-state index < -0.39 is 11.9 Å². The molecule has 19 heavy (non-hydrogen) atoms. The van der Waals surface area contributed by atoms with E-state index in [0.717, 1.165) is 6.07 Å². The highest BCUT2D eigenvalue weighted by atomic mass is 19.4. The molecule has 0 amide bonds. The molecule has 0 radical (unpaired) electrons. The van der Waals surface area contributed by atoms with Crippen LogP contribution in [0.2, 0.25) is 0 Å². The lowest BCUT2D eigenvalue weighted by atomic mass is 10.1. The van der Waals surface area contributed by atoms with Crippen LogP contribution in [0.3, 0.4) is 0 Å². The van der Waals surface area contributed by atoms with Crippen LogP contribution in [-0.2, 0) is 10.9 Å². The molecule has 0 aromatic carbocycles. The highest BCUT2D eigenvalue weighted by Gasteiger charge is 2.33. The molecule has 1 aromatic rings. The van der Waals surface area contributed by atoms with Crippen LogP contribution in [0, 0.1) is 0 Å². The van der Waals surface area contributed by atoms with Crippen molar-refractivity contribution >= 4 is 5.82 Å². The van der Waals surface area contributed by atoms with Gasteiger partial charge in [-0.1, -0.05) is 6.07 Å². The first-order valence-corrected chi connectivity index (χ1v) is 6.04. The van der Waals surface area contributed by atoms with Crippen LogP contribution in [0.25, 0.3) is 0 Å². The molecule has 1 aliphatic heterocycles. The number of anilines is 1. The van der Waals surface area contributed by atoms with Crippen molar-refractivity contribution < 1.29 is 17.9 Å². The number of nitrogens with two attached hydrogens (primary N) is 1. The first kappa shape index (κ1) is 14.1. The second-order valence-corrected chi connectivity index (χ2v) is 4.59. The van der Waals surface area contributed by atoms with E-state index in [-0.39, 0.29) is 12.1 Å². The zero-order valence-electron chi connectivity index (χ0n) is 10.5. The number of rotatable bonds is 2. The molecule has 0 saturated carbocycles. The van der Waals surface area contributed by atoms with Crippen LogP contribution in [0.4, 0.5) is 19.0 Å². The average molecular weight is 275 g/mol. The van der Waals surface area contributed by atoms with Gasteiger partial charge < -0.3 is 15.4 Å². The molecule has 0 bridgehead atoms. The van der Waals surface area contributed by atoms with Crippen molar-refractivity contribution in [3.05, 3.63) is 23.9 Å². The lowest BCUT2D eigenvalue weighted by molar-refractivity contribution is -0.141. The van der Waals surface area contributed by atoms with Crippen LogP contribution in [0.1, 0.15) is 12.6 Å². The summed E-state index contributed by atoms with van der Waals surface area (Å²) in [6.07, 6.45) is -4.62. The van der Waals surface area contributed by atoms with Crippen LogP contribution < -0.4 is 10.6 Å². The van der Waals surface area contributed by atoms with Gasteiger partial charge in [-0.25, -0.2) is 4.98 Å². The van der Waals surface area contributed by atoms with E-state index in [4.69, 9.17) is 10.5 Å². The topological polar surface area (TPSA) is 51.4 Å². The number of ether oxygens (including phenoxy) is 1. The summed E-state index contributed by atoms with van der Waals surface area (Å²) in [6.45, 7) is 3.21. The Balaban J connectivity index is 2.17. The number of halogens is 3. The zero-order chi connectivity index (χ0) is 14.0. The molecule has 1 fully saturated rings. The van der Waals surface area contributed by atoms with E-state index in [1.165, 1.54) is 6.07 Å². The van der Waals surface area contributed by atoms with Crippen molar-refractivity contribution in [3.8, 4) is 0 Å². The SMILES string of the molecule is CC(N)C1CN(c2cccc(C(F)(F)F)n2)CCO1. The minimum Gasteiger partial charge on any atom is -0.373 e. The monoisotopic (exact) mass is 275 g/mol. The van der Waals surface area contributed by atoms with Crippen molar-refractivity contribution in [2.24, 2.45) is 5.73 Å². The second kappa shape index (κ2) is 5.34. The number of nitrogens with zero attached hydrogens (tertiary/aromatic N) is 2. The number of morpholine rings is 1. The Morgan fingerprint density at radius 1 is 1.47 bits per heavy atom. The number of hydrogen-bond donors (Lipinski definition) is 1. The Labute approximate surface area is 109 Å². The molecule has 1 aliphatic rings. The fourth-order valence-electron chi connectivity index (χ4n) is 1.96. The zero-order valence-corrected chi connectivity index (χ0v) is 10.5. The third kappa shape index (κ3) is 3.36. The van der Waals surface area contributed by atoms with Gasteiger partial charge in [0, 0.05) is 19.1 Å². The maximum absolute atomic E-state index is 12.6. The standard InChI is InChI=1S/C12H16F3N3O/c1-8(16)9-7-18(5-6-19-9)11-4-2-3-10(17-11)12(13,14)15/h2-4,8-9H,5-7,16H2,1H3. The summed E-state index contributed by atoms with van der Waals surface area (Å²) in [4.78, 5) is 5.44. The van der Waals surface area contributed by atoms with Crippen molar-refractivity contribution in [1.82, 2.24) is 4.98 Å². The molecule has 2 heterocycles. The van der Waals surface area contributed by atoms with Gasteiger partial charge in [0.05, 0.1) is 12.7 Å². The van der Waals surface area contributed by atoms with E-state index in [9.17, 15) is 13.2 Å². The molecule has 0 aliphatic carbocycles. The number of hydrogen-bond acceptors (Lipinski definition) is 4. The Bertz CT molecular complexity index is 436. The first-order chi connectivity index (χ1) is 8.88. The summed E-state index contributed by atoms with van der Waals surface area (Å²) in [5.74, 6) is 0.309. The van der Waals surface area contributed by atoms with Crippen LogP contribution in [-0.4, -0.2) is 36.8 Å². The van der Waals surface area contributed by atoms with Gasteiger partial charge >= 0.3 is 6.18 Å². The molecule has 2 rings (SSSR count). The minimum absolute atomic E-state index is 0.173. The summed E-state index contributed by atoms with van der Waals surface area (Å²) in [5, 5.41) is 0. The van der Waals surface area contributed by atoms with Crippen LogP contribution >= 0.6 is 0 Å². The van der Waals surface area contributed by atoms with Crippen LogP contribution in [0.15, 0.2) is 18.2 Å². The third-order valence-corrected chi connectivity index (χ3v) is 3.03. The molecule has 4 nitrogen and oxygen atoms in total. The molecule has 106 valence electrons. The van der Waals surface area contributed by atoms with E-state index in [1.807, 2.05) is 6.92 Å². The van der Waals surface area contributed by atoms with Gasteiger partial charge in [0.2, 0.25) is 0 Å². The molecule has 1 saturated heterocycles. The van der Waals surface area contributed by atoms with Crippen molar-refractivity contribution in [1.29, 1.82) is 0 Å². The number of aromatic nitrogens is 1. The summed E-state index contributed by atoms with van der Waals surface area (Å²) in [7, 11) is 0. The molecule has 2 N–H and O–H groups in total. The Morgan fingerprint density at radius 3 is 2.84 bits per heavy atom. The summed E-state index contributed by atoms with van der Waals surface area (Å²) in [5.41, 5.74) is 4.87. The van der Waals surface area contributed by atoms with Crippen molar-refractivity contribution in [2.75, 3.05) is 24.6 Å². The predicted octanol–water partition coefficient (Wildman–Crippen LogP) is 1.65. The second-order valence-electron chi connectivity index (χ2n) is 4.59. The largest absolute Gasteiger partial charge is 0.433 e. The van der Waals surface area contributed by atoms with Gasteiger partial charge in [-0.05, 0) is 19.1 Å². The Hall–Kier alpha value is -1.34. The number of alkyl halides is 3. The molecule has 1 aromatic heterocycles. The highest BCUT2D eigenvalue weighted by Crippen LogP contribution is 2.29. The third-order valence-electron chi connectivity index (χ3n) is 3.03. The van der Waals surface area contributed by atoms with Gasteiger partial charge in [0.25, 0.3) is 0 Å². The molecule has 0 spiro atoms. The normalized spacial score (nSPS) is 22.4. The van der Waals surface area contributed by atoms with Crippen LogP contribution in [0.5, 0.6) is 0 Å². The molecule has 2 atom stereocenters. The van der Waals surface area contributed by atoms with Crippen molar-refractivity contribution in [3.63, 3.8) is 0 Å². The fraction of sp³-hybridized carbons (Fsp3) is 0.583. The highest BCUT2D eigenvalue weighted by molar-refractivity contribution is 5.40. The van der Waals surface area contributed by atoms with Gasteiger partial charge in [-0.2, -0.15) is 13.2 Å².